The predicted octanol–water partition coefficient (Wildman–Crippen LogP) is 2.25. The molecule has 0 unspecified atom stereocenters. The third kappa shape index (κ3) is 5.72. The molecule has 10 heteroatoms. The Bertz CT molecular complexity index is 978. The lowest BCUT2D eigenvalue weighted by Crippen LogP contribution is -2.62. The van der Waals surface area contributed by atoms with Crippen LogP contribution in [-0.2, 0) is 28.5 Å². The lowest BCUT2D eigenvalue weighted by atomic mass is 9.45. The highest BCUT2D eigenvalue weighted by Gasteiger charge is 2.59. The third-order valence-corrected chi connectivity index (χ3v) is 10.5. The second-order valence-electron chi connectivity index (χ2n) is 13.5. The first-order valence-corrected chi connectivity index (χ1v) is 14.6. The van der Waals surface area contributed by atoms with Gasteiger partial charge in [0.2, 0.25) is 0 Å². The Hall–Kier alpha value is -1.56. The van der Waals surface area contributed by atoms with Crippen LogP contribution in [0.3, 0.4) is 0 Å². The minimum Gasteiger partial charge on any atom is -0.462 e. The summed E-state index contributed by atoms with van der Waals surface area (Å²) in [5, 5.41) is 40.5. The standard InChI is InChI=1S/C30H48O10/c1-16(32)37-15-23(38-17(2)33)29(5)11-9-19-18(13-29)7-8-21-28(3,4)22(10-12-30(19,21)6)40-27-26(36)25(35)24(34)20(14-31)39-27/h13,19-27,31,34-36H,7-12,14-15H2,1-6H3/t19-,20-,21-,22-,23+,24-,25+,26-,27-,29+,30+/m1/s1. The molecule has 40 heavy (non-hydrogen) atoms. The van der Waals surface area contributed by atoms with Crippen LogP contribution in [0.25, 0.3) is 0 Å². The van der Waals surface area contributed by atoms with Gasteiger partial charge in [0.1, 0.15) is 37.1 Å². The molecule has 4 N–H and O–H groups in total. The van der Waals surface area contributed by atoms with Crippen LogP contribution in [0.5, 0.6) is 0 Å². The molecule has 4 aliphatic rings. The van der Waals surface area contributed by atoms with Gasteiger partial charge in [-0.25, -0.2) is 0 Å². The van der Waals surface area contributed by atoms with Crippen molar-refractivity contribution >= 4 is 11.9 Å². The molecule has 2 saturated carbocycles. The topological polar surface area (TPSA) is 152 Å². The minimum atomic E-state index is -1.47. The average Bonchev–Trinajstić information content (AvgIpc) is 2.87. The van der Waals surface area contributed by atoms with Crippen LogP contribution in [0.4, 0.5) is 0 Å². The van der Waals surface area contributed by atoms with Crippen LogP contribution in [0.15, 0.2) is 11.6 Å². The van der Waals surface area contributed by atoms with Gasteiger partial charge in [-0.15, -0.1) is 0 Å². The number of ether oxygens (including phenoxy) is 4. The zero-order valence-electron chi connectivity index (χ0n) is 24.7. The fourth-order valence-electron chi connectivity index (χ4n) is 8.32. The number of fused-ring (bicyclic) bond motifs is 3. The molecule has 0 radical (unpaired) electrons. The summed E-state index contributed by atoms with van der Waals surface area (Å²) < 4.78 is 22.9. The first-order valence-electron chi connectivity index (χ1n) is 14.6. The van der Waals surface area contributed by atoms with Gasteiger partial charge < -0.3 is 39.4 Å². The van der Waals surface area contributed by atoms with Crippen molar-refractivity contribution in [1.82, 2.24) is 0 Å². The van der Waals surface area contributed by atoms with E-state index in [4.69, 9.17) is 18.9 Å². The smallest absolute Gasteiger partial charge is 0.303 e. The van der Waals surface area contributed by atoms with Crippen molar-refractivity contribution in [2.24, 2.45) is 28.1 Å². The number of rotatable bonds is 7. The molecule has 1 saturated heterocycles. The van der Waals surface area contributed by atoms with E-state index in [1.54, 1.807) is 0 Å². The highest BCUT2D eigenvalue weighted by Crippen LogP contribution is 2.64. The Kier molecular flexibility index (Phi) is 9.11. The molecule has 0 amide bonds. The largest absolute Gasteiger partial charge is 0.462 e. The van der Waals surface area contributed by atoms with Crippen LogP contribution in [0.2, 0.25) is 0 Å². The van der Waals surface area contributed by atoms with E-state index in [0.29, 0.717) is 11.8 Å². The zero-order valence-corrected chi connectivity index (χ0v) is 24.7. The number of carbonyl (C=O) groups excluding carboxylic acids is 2. The summed E-state index contributed by atoms with van der Waals surface area (Å²) in [6.07, 6.45) is 0.243. The van der Waals surface area contributed by atoms with Gasteiger partial charge in [0.25, 0.3) is 0 Å². The van der Waals surface area contributed by atoms with Crippen molar-refractivity contribution in [3.8, 4) is 0 Å². The van der Waals surface area contributed by atoms with E-state index in [1.807, 2.05) is 0 Å². The predicted molar refractivity (Wildman–Crippen MR) is 144 cm³/mol. The van der Waals surface area contributed by atoms with Crippen molar-refractivity contribution < 1.29 is 49.0 Å². The zero-order chi connectivity index (χ0) is 29.6. The lowest BCUT2D eigenvalue weighted by Gasteiger charge is -2.62. The number of aliphatic hydroxyl groups is 4. The molecule has 4 rings (SSSR count). The average molecular weight is 569 g/mol. The normalized spacial score (nSPS) is 43.5. The van der Waals surface area contributed by atoms with Crippen molar-refractivity contribution in [2.75, 3.05) is 13.2 Å². The number of allylic oxidation sites excluding steroid dienone is 1. The van der Waals surface area contributed by atoms with Gasteiger partial charge in [-0.3, -0.25) is 9.59 Å². The van der Waals surface area contributed by atoms with E-state index in [1.165, 1.54) is 19.4 Å². The summed E-state index contributed by atoms with van der Waals surface area (Å²) in [7, 11) is 0. The van der Waals surface area contributed by atoms with Crippen LogP contribution in [0, 0.1) is 28.1 Å². The Balaban J connectivity index is 1.52. The van der Waals surface area contributed by atoms with Gasteiger partial charge in [-0.2, -0.15) is 0 Å². The van der Waals surface area contributed by atoms with Crippen LogP contribution in [0.1, 0.15) is 80.1 Å². The van der Waals surface area contributed by atoms with Gasteiger partial charge in [-0.05, 0) is 61.2 Å². The number of hydrogen-bond acceptors (Lipinski definition) is 10. The molecule has 11 atom stereocenters. The SMILES string of the molecule is CC(=O)OC[C@H](OC(C)=O)[C@]1(C)C=C2CC[C@@H]3C(C)(C)[C@H](O[C@H]4O[C@H](CO)[C@@H](O)[C@H](O)[C@H]4O)CC[C@@]3(C)[C@@H]2CC1. The van der Waals surface area contributed by atoms with Crippen molar-refractivity contribution in [3.05, 3.63) is 11.6 Å². The molecular weight excluding hydrogens is 520 g/mol. The quantitative estimate of drug-likeness (QED) is 0.204. The fraction of sp³-hybridized carbons (Fsp3) is 0.867. The van der Waals surface area contributed by atoms with E-state index >= 15 is 0 Å². The van der Waals surface area contributed by atoms with Crippen molar-refractivity contribution in [3.63, 3.8) is 0 Å². The maximum atomic E-state index is 11.9. The molecule has 3 fully saturated rings. The summed E-state index contributed by atoms with van der Waals surface area (Å²) in [5.74, 6) is -0.118. The Morgan fingerprint density at radius 1 is 1.00 bits per heavy atom. The number of carbonyl (C=O) groups is 2. The van der Waals surface area contributed by atoms with E-state index in [9.17, 15) is 30.0 Å². The molecule has 10 nitrogen and oxygen atoms in total. The summed E-state index contributed by atoms with van der Waals surface area (Å²) in [5.41, 5.74) is 0.677. The second-order valence-corrected chi connectivity index (χ2v) is 13.5. The van der Waals surface area contributed by atoms with Crippen LogP contribution >= 0.6 is 0 Å². The second kappa shape index (κ2) is 11.6. The highest BCUT2D eigenvalue weighted by molar-refractivity contribution is 5.67. The van der Waals surface area contributed by atoms with Gasteiger partial charge in [-0.1, -0.05) is 39.3 Å². The summed E-state index contributed by atoms with van der Waals surface area (Å²) in [6, 6.07) is 0. The molecule has 0 spiro atoms. The molecule has 0 aromatic rings. The molecule has 228 valence electrons. The monoisotopic (exact) mass is 568 g/mol. The molecule has 1 heterocycles. The number of esters is 2. The Morgan fingerprint density at radius 2 is 1.70 bits per heavy atom. The van der Waals surface area contributed by atoms with Crippen molar-refractivity contribution in [2.45, 2.75) is 123 Å². The maximum Gasteiger partial charge on any atom is 0.303 e. The minimum absolute atomic E-state index is 0.0109. The molecular formula is C30H48O10. The van der Waals surface area contributed by atoms with Gasteiger partial charge in [0, 0.05) is 19.3 Å². The van der Waals surface area contributed by atoms with E-state index in [2.05, 4.69) is 33.8 Å². The molecule has 1 aliphatic heterocycles. The van der Waals surface area contributed by atoms with E-state index in [-0.39, 0.29) is 23.5 Å². The summed E-state index contributed by atoms with van der Waals surface area (Å²) in [4.78, 5) is 23.4. The number of hydrogen-bond donors (Lipinski definition) is 4. The molecule has 0 bridgehead atoms. The van der Waals surface area contributed by atoms with Crippen molar-refractivity contribution in [1.29, 1.82) is 0 Å². The molecule has 0 aromatic heterocycles. The summed E-state index contributed by atoms with van der Waals surface area (Å²) >= 11 is 0. The van der Waals surface area contributed by atoms with Gasteiger partial charge >= 0.3 is 11.9 Å². The Labute approximate surface area is 237 Å². The summed E-state index contributed by atoms with van der Waals surface area (Å²) in [6.45, 7) is 11.1. The maximum absolute atomic E-state index is 11.9. The fourth-order valence-corrected chi connectivity index (χ4v) is 8.32. The molecule has 3 aliphatic carbocycles. The van der Waals surface area contributed by atoms with E-state index in [0.717, 1.165) is 38.5 Å². The first kappa shape index (κ1) is 31.4. The Morgan fingerprint density at radius 3 is 2.33 bits per heavy atom. The van der Waals surface area contributed by atoms with Crippen LogP contribution in [-0.4, -0.2) is 88.5 Å². The number of aliphatic hydroxyl groups excluding tert-OH is 4. The van der Waals surface area contributed by atoms with Gasteiger partial charge in [0.05, 0.1) is 12.7 Å². The highest BCUT2D eigenvalue weighted by atomic mass is 16.7. The first-order chi connectivity index (χ1) is 18.6. The lowest BCUT2D eigenvalue weighted by molar-refractivity contribution is -0.327. The van der Waals surface area contributed by atoms with Gasteiger partial charge in [0.15, 0.2) is 6.29 Å². The van der Waals surface area contributed by atoms with E-state index < -0.39 is 60.8 Å². The van der Waals surface area contributed by atoms with Crippen LogP contribution < -0.4 is 0 Å². The third-order valence-electron chi connectivity index (χ3n) is 10.5. The molecule has 0 aromatic carbocycles.